The Hall–Kier alpha value is -2.37. The van der Waals surface area contributed by atoms with Crippen molar-refractivity contribution in [1.29, 1.82) is 0 Å². The van der Waals surface area contributed by atoms with E-state index in [0.717, 1.165) is 31.2 Å². The first-order chi connectivity index (χ1) is 13.6. The molecule has 6 heteroatoms. The lowest BCUT2D eigenvalue weighted by atomic mass is 9.84. The zero-order valence-electron chi connectivity index (χ0n) is 16.4. The van der Waals surface area contributed by atoms with Crippen molar-refractivity contribution in [3.05, 3.63) is 35.9 Å². The number of methoxy groups -OCH3 is 1. The smallest absolute Gasteiger partial charge is 0.328 e. The number of likely N-dealkylation sites (tertiary alicyclic amines) is 2. The van der Waals surface area contributed by atoms with Crippen LogP contribution in [0.25, 0.3) is 0 Å². The summed E-state index contributed by atoms with van der Waals surface area (Å²) in [7, 11) is 1.38. The summed E-state index contributed by atoms with van der Waals surface area (Å²) in [5, 5.41) is 0. The summed E-state index contributed by atoms with van der Waals surface area (Å²) >= 11 is 0. The molecule has 2 saturated heterocycles. The molecule has 0 aromatic heterocycles. The van der Waals surface area contributed by atoms with Gasteiger partial charge in [-0.3, -0.25) is 9.59 Å². The van der Waals surface area contributed by atoms with Crippen molar-refractivity contribution in [3.63, 3.8) is 0 Å². The average molecular weight is 384 g/mol. The lowest BCUT2D eigenvalue weighted by molar-refractivity contribution is -0.154. The van der Waals surface area contributed by atoms with E-state index in [4.69, 9.17) is 4.74 Å². The molecule has 0 bridgehead atoms. The van der Waals surface area contributed by atoms with Crippen LogP contribution in [0.2, 0.25) is 0 Å². The number of hydrogen-bond donors (Lipinski definition) is 0. The summed E-state index contributed by atoms with van der Waals surface area (Å²) in [5.41, 5.74) is 1.06. The molecule has 0 radical (unpaired) electrons. The molecule has 150 valence electrons. The molecular formula is C22H28N2O4. The van der Waals surface area contributed by atoms with Gasteiger partial charge in [-0.2, -0.15) is 0 Å². The van der Waals surface area contributed by atoms with Gasteiger partial charge in [-0.1, -0.05) is 43.2 Å². The monoisotopic (exact) mass is 384 g/mol. The lowest BCUT2D eigenvalue weighted by Crippen LogP contribution is -2.49. The number of ether oxygens (including phenoxy) is 1. The molecular weight excluding hydrogens is 356 g/mol. The van der Waals surface area contributed by atoms with Crippen LogP contribution in [0.1, 0.15) is 44.1 Å². The standard InChI is InChI=1S/C22H28N2O4/c1-28-22(27)19-11-16-9-5-6-10-18(16)24(19)21(26)17-12-20(25)23(14-17)13-15-7-3-2-4-8-15/h2-4,7-8,16-19H,5-6,9-14H2,1H3/t16-,17+,18-,19-/m0/s1. The molecule has 6 nitrogen and oxygen atoms in total. The van der Waals surface area contributed by atoms with Gasteiger partial charge in [0, 0.05) is 25.6 Å². The SMILES string of the molecule is COC(=O)[C@@H]1C[C@@H]2CCCC[C@@H]2N1C(=O)[C@@H]1CC(=O)N(Cc2ccccc2)C1. The van der Waals surface area contributed by atoms with Crippen molar-refractivity contribution < 1.29 is 19.1 Å². The number of rotatable bonds is 4. The summed E-state index contributed by atoms with van der Waals surface area (Å²) < 4.78 is 4.99. The van der Waals surface area contributed by atoms with E-state index in [-0.39, 0.29) is 36.2 Å². The van der Waals surface area contributed by atoms with Gasteiger partial charge in [0.25, 0.3) is 0 Å². The highest BCUT2D eigenvalue weighted by Gasteiger charge is 2.50. The summed E-state index contributed by atoms with van der Waals surface area (Å²) in [5.74, 6) is -0.360. The maximum Gasteiger partial charge on any atom is 0.328 e. The van der Waals surface area contributed by atoms with Crippen molar-refractivity contribution in [2.75, 3.05) is 13.7 Å². The molecule has 3 fully saturated rings. The molecule has 0 N–H and O–H groups in total. The van der Waals surface area contributed by atoms with Crippen LogP contribution < -0.4 is 0 Å². The first kappa shape index (κ1) is 19.0. The molecule has 4 atom stereocenters. The highest BCUT2D eigenvalue weighted by atomic mass is 16.5. The van der Waals surface area contributed by atoms with Crippen LogP contribution in [0.4, 0.5) is 0 Å². The molecule has 1 saturated carbocycles. The number of hydrogen-bond acceptors (Lipinski definition) is 4. The van der Waals surface area contributed by atoms with E-state index >= 15 is 0 Å². The third-order valence-electron chi connectivity index (χ3n) is 6.60. The number of carbonyl (C=O) groups is 3. The Kier molecular flexibility index (Phi) is 5.38. The van der Waals surface area contributed by atoms with Gasteiger partial charge in [0.05, 0.1) is 13.0 Å². The second-order valence-corrected chi connectivity index (χ2v) is 8.29. The van der Waals surface area contributed by atoms with Gasteiger partial charge in [0.1, 0.15) is 6.04 Å². The predicted molar refractivity (Wildman–Crippen MR) is 103 cm³/mol. The fourth-order valence-corrected chi connectivity index (χ4v) is 5.23. The van der Waals surface area contributed by atoms with Gasteiger partial charge >= 0.3 is 5.97 Å². The Morgan fingerprint density at radius 1 is 1.14 bits per heavy atom. The van der Waals surface area contributed by atoms with Gasteiger partial charge in [-0.05, 0) is 30.7 Å². The van der Waals surface area contributed by atoms with E-state index in [1.165, 1.54) is 7.11 Å². The molecule has 2 heterocycles. The second-order valence-electron chi connectivity index (χ2n) is 8.29. The van der Waals surface area contributed by atoms with Crippen molar-refractivity contribution in [2.45, 2.75) is 57.2 Å². The Morgan fingerprint density at radius 2 is 1.89 bits per heavy atom. The van der Waals surface area contributed by atoms with Crippen molar-refractivity contribution in [2.24, 2.45) is 11.8 Å². The number of esters is 1. The molecule has 2 aliphatic heterocycles. The topological polar surface area (TPSA) is 66.9 Å². The van der Waals surface area contributed by atoms with Crippen LogP contribution in [-0.2, 0) is 25.7 Å². The summed E-state index contributed by atoms with van der Waals surface area (Å²) in [6.45, 7) is 0.949. The van der Waals surface area contributed by atoms with Gasteiger partial charge in [0.15, 0.2) is 0 Å². The Bertz CT molecular complexity index is 750. The van der Waals surface area contributed by atoms with Gasteiger partial charge in [-0.25, -0.2) is 4.79 Å². The molecule has 0 spiro atoms. The van der Waals surface area contributed by atoms with Crippen molar-refractivity contribution >= 4 is 17.8 Å². The largest absolute Gasteiger partial charge is 0.467 e. The van der Waals surface area contributed by atoms with E-state index in [1.54, 1.807) is 9.80 Å². The Balaban J connectivity index is 1.49. The fraction of sp³-hybridized carbons (Fsp3) is 0.591. The van der Waals surface area contributed by atoms with Gasteiger partial charge < -0.3 is 14.5 Å². The molecule has 1 aromatic rings. The minimum absolute atomic E-state index is 0.0104. The maximum atomic E-state index is 13.4. The third-order valence-corrected chi connectivity index (χ3v) is 6.60. The first-order valence-electron chi connectivity index (χ1n) is 10.3. The molecule has 4 rings (SSSR count). The molecule has 2 amide bonds. The summed E-state index contributed by atoms with van der Waals surface area (Å²) in [4.78, 5) is 41.9. The molecule has 3 aliphatic rings. The van der Waals surface area contributed by atoms with E-state index in [0.29, 0.717) is 25.4 Å². The van der Waals surface area contributed by atoms with E-state index in [1.807, 2.05) is 30.3 Å². The Morgan fingerprint density at radius 3 is 2.64 bits per heavy atom. The van der Waals surface area contributed by atoms with E-state index in [9.17, 15) is 14.4 Å². The zero-order valence-corrected chi connectivity index (χ0v) is 16.4. The quantitative estimate of drug-likeness (QED) is 0.748. The average Bonchev–Trinajstić information content (AvgIpc) is 3.28. The first-order valence-corrected chi connectivity index (χ1v) is 10.3. The second kappa shape index (κ2) is 7.94. The van der Waals surface area contributed by atoms with Crippen LogP contribution in [0.5, 0.6) is 0 Å². The minimum Gasteiger partial charge on any atom is -0.467 e. The van der Waals surface area contributed by atoms with Gasteiger partial charge in [0.2, 0.25) is 11.8 Å². The van der Waals surface area contributed by atoms with Crippen molar-refractivity contribution in [1.82, 2.24) is 9.80 Å². The van der Waals surface area contributed by atoms with Gasteiger partial charge in [-0.15, -0.1) is 0 Å². The minimum atomic E-state index is -0.496. The zero-order chi connectivity index (χ0) is 19.7. The molecule has 1 aliphatic carbocycles. The summed E-state index contributed by atoms with van der Waals surface area (Å²) in [6, 6.07) is 9.45. The number of nitrogens with zero attached hydrogens (tertiary/aromatic N) is 2. The van der Waals surface area contributed by atoms with Crippen LogP contribution in [0.3, 0.4) is 0 Å². The Labute approximate surface area is 165 Å². The molecule has 1 aromatic carbocycles. The van der Waals surface area contributed by atoms with Crippen molar-refractivity contribution in [3.8, 4) is 0 Å². The van der Waals surface area contributed by atoms with E-state index in [2.05, 4.69) is 0 Å². The number of fused-ring (bicyclic) bond motifs is 1. The third kappa shape index (κ3) is 3.52. The summed E-state index contributed by atoms with van der Waals surface area (Å²) in [6.07, 6.45) is 5.17. The van der Waals surface area contributed by atoms with Crippen LogP contribution in [0, 0.1) is 11.8 Å². The maximum absolute atomic E-state index is 13.4. The predicted octanol–water partition coefficient (Wildman–Crippen LogP) is 2.37. The number of benzene rings is 1. The van der Waals surface area contributed by atoms with Crippen LogP contribution in [0.15, 0.2) is 30.3 Å². The normalized spacial score (nSPS) is 29.7. The highest BCUT2D eigenvalue weighted by molar-refractivity contribution is 5.92. The number of carbonyl (C=O) groups excluding carboxylic acids is 3. The molecule has 0 unspecified atom stereocenters. The number of amides is 2. The lowest BCUT2D eigenvalue weighted by Gasteiger charge is -2.34. The fourth-order valence-electron chi connectivity index (χ4n) is 5.23. The van der Waals surface area contributed by atoms with E-state index < -0.39 is 6.04 Å². The molecule has 28 heavy (non-hydrogen) atoms. The van der Waals surface area contributed by atoms with Crippen LogP contribution >= 0.6 is 0 Å². The van der Waals surface area contributed by atoms with Crippen LogP contribution in [-0.4, -0.2) is 53.3 Å². The highest BCUT2D eigenvalue weighted by Crippen LogP contribution is 2.41.